The number of pyridine rings is 6. The Bertz CT molecular complexity index is 4880. The van der Waals surface area contributed by atoms with E-state index in [0.29, 0.717) is 50.9 Å². The van der Waals surface area contributed by atoms with Crippen LogP contribution in [0.1, 0.15) is 257 Å². The summed E-state index contributed by atoms with van der Waals surface area (Å²) in [5, 5.41) is 0. The second-order valence-corrected chi connectivity index (χ2v) is 29.4. The van der Waals surface area contributed by atoms with E-state index in [4.69, 9.17) is 44.1 Å². The zero-order chi connectivity index (χ0) is 79.4. The van der Waals surface area contributed by atoms with Crippen LogP contribution >= 0.6 is 0 Å². The SMILES string of the molecule is CCCCCCCCc1ccc(OCc2ccnc(-c3cc(C#Cc4ccc(C=O)cc4)ccn3)c2)c(C(c2cc(CCCCCCCC)ccc2OCc2ccnc(-c3cc(C#Cc4ccc(C=O)cc4)ccn3)c2)c2cc(CCCCCCCC)ccc2OCc2ccnc(-c3cc(C#Cc4ccc(C=O)cc4)ccn3)c2)c1. The number of unbranched alkanes of at least 4 members (excludes halogenated alkanes) is 15. The second-order valence-electron chi connectivity index (χ2n) is 29.4. The summed E-state index contributed by atoms with van der Waals surface area (Å²) in [5.41, 5.74) is 20.0. The Kier molecular flexibility index (Phi) is 31.3. The maximum Gasteiger partial charge on any atom is 0.150 e. The van der Waals surface area contributed by atoms with Crippen LogP contribution in [-0.4, -0.2) is 48.8 Å². The van der Waals surface area contributed by atoms with E-state index < -0.39 is 5.92 Å². The zero-order valence-electron chi connectivity index (χ0n) is 66.4. The van der Waals surface area contributed by atoms with Gasteiger partial charge in [-0.3, -0.25) is 44.3 Å². The van der Waals surface area contributed by atoms with Crippen LogP contribution < -0.4 is 14.2 Å². The molecular weight excluding hydrogens is 1420 g/mol. The number of carbonyl (C=O) groups is 3. The third kappa shape index (κ3) is 24.9. The molecule has 6 heterocycles. The topological polar surface area (TPSA) is 156 Å². The highest BCUT2D eigenvalue weighted by atomic mass is 16.5. The first-order chi connectivity index (χ1) is 56.7. The molecule has 0 atom stereocenters. The van der Waals surface area contributed by atoms with Crippen LogP contribution in [0.2, 0.25) is 0 Å². The number of hydrogen-bond acceptors (Lipinski definition) is 12. The van der Waals surface area contributed by atoms with E-state index in [1.807, 2.05) is 128 Å². The van der Waals surface area contributed by atoms with Gasteiger partial charge < -0.3 is 14.2 Å². The summed E-state index contributed by atoms with van der Waals surface area (Å²) in [6, 6.07) is 65.9. The predicted octanol–water partition coefficient (Wildman–Crippen LogP) is 23.3. The lowest BCUT2D eigenvalue weighted by atomic mass is 9.81. The molecule has 0 bridgehead atoms. The molecule has 6 aromatic heterocycles. The summed E-state index contributed by atoms with van der Waals surface area (Å²) in [4.78, 5) is 63.1. The molecule has 0 saturated carbocycles. The van der Waals surface area contributed by atoms with Crippen molar-refractivity contribution in [1.29, 1.82) is 0 Å². The van der Waals surface area contributed by atoms with Gasteiger partial charge in [-0.2, -0.15) is 0 Å². The van der Waals surface area contributed by atoms with Gasteiger partial charge in [-0.1, -0.05) is 225 Å². The van der Waals surface area contributed by atoms with Crippen molar-refractivity contribution in [2.45, 2.75) is 181 Å². The average Bonchev–Trinajstić information content (AvgIpc) is 0.763. The van der Waals surface area contributed by atoms with Gasteiger partial charge >= 0.3 is 0 Å². The van der Waals surface area contributed by atoms with Crippen LogP contribution in [-0.2, 0) is 39.1 Å². The number of ether oxygens (including phenoxy) is 3. The van der Waals surface area contributed by atoms with Crippen molar-refractivity contribution in [2.75, 3.05) is 0 Å². The van der Waals surface area contributed by atoms with Crippen molar-refractivity contribution in [2.24, 2.45) is 0 Å². The van der Waals surface area contributed by atoms with Crippen LogP contribution in [0.5, 0.6) is 17.2 Å². The van der Waals surface area contributed by atoms with Gasteiger partial charge in [0.05, 0.1) is 34.2 Å². The number of aromatic nitrogens is 6. The highest BCUT2D eigenvalue weighted by Crippen LogP contribution is 2.47. The number of carbonyl (C=O) groups excluding carboxylic acids is 3. The highest BCUT2D eigenvalue weighted by Gasteiger charge is 2.30. The minimum atomic E-state index is -0.504. The number of nitrogens with zero attached hydrogens (tertiary/aromatic N) is 6. The van der Waals surface area contributed by atoms with Gasteiger partial charge in [-0.05, 0) is 199 Å². The van der Waals surface area contributed by atoms with Crippen molar-refractivity contribution in [1.82, 2.24) is 29.9 Å². The molecule has 0 fully saturated rings. The number of hydrogen-bond donors (Lipinski definition) is 0. The number of benzene rings is 6. The molecule has 12 rings (SSSR count). The van der Waals surface area contributed by atoms with Crippen molar-refractivity contribution < 1.29 is 28.6 Å². The summed E-state index contributed by atoms with van der Waals surface area (Å²) < 4.78 is 22.2. The molecule has 578 valence electrons. The fourth-order valence-electron chi connectivity index (χ4n) is 14.1. The molecule has 0 spiro atoms. The summed E-state index contributed by atoms with van der Waals surface area (Å²) >= 11 is 0. The quantitative estimate of drug-likeness (QED) is 0.0156. The molecular formula is C103H100N6O6. The Hall–Kier alpha value is -12.7. The fraction of sp³-hybridized carbons (Fsp3) is 0.272. The smallest absolute Gasteiger partial charge is 0.150 e. The molecule has 0 aliphatic heterocycles. The molecule has 12 nitrogen and oxygen atoms in total. The van der Waals surface area contributed by atoms with E-state index in [-0.39, 0.29) is 19.8 Å². The molecule has 0 aliphatic carbocycles. The molecule has 0 aliphatic rings. The van der Waals surface area contributed by atoms with Crippen LogP contribution in [0.25, 0.3) is 34.2 Å². The Morgan fingerprint density at radius 2 is 0.513 bits per heavy atom. The van der Waals surface area contributed by atoms with E-state index in [2.05, 4.69) is 111 Å². The molecule has 0 N–H and O–H groups in total. The molecule has 12 aromatic rings. The minimum absolute atomic E-state index is 0.223. The Morgan fingerprint density at radius 1 is 0.261 bits per heavy atom. The standard InChI is InChI=1S/C103H100N6O6/c1-4-7-10-13-16-19-22-79-43-46-100(113-73-88-52-58-107-97(67-88)94-64-82(49-55-104-94)34-25-76-28-37-85(70-110)38-29-76)91(61-79)103(92-62-80(23-20-17-14-11-8-5-2)44-47-101(92)114-74-89-53-59-108-98(68-89)95-65-83(50-56-105-95)35-26-77-30-39-86(71-111)40-31-77)93-63-81(24-21-18-15-12-9-6-3)45-48-102(93)115-75-90-54-60-109-99(69-90)96-66-84(51-57-106-96)36-27-78-32-41-87(72-112)42-33-78/h28-33,37-72,103H,4-24,73-75H2,1-3H3. The monoisotopic (exact) mass is 1520 g/mol. The van der Waals surface area contributed by atoms with E-state index in [1.165, 1.54) is 93.7 Å². The van der Waals surface area contributed by atoms with Gasteiger partial charge in [-0.25, -0.2) is 0 Å². The predicted molar refractivity (Wildman–Crippen MR) is 460 cm³/mol. The first-order valence-corrected chi connectivity index (χ1v) is 40.9. The van der Waals surface area contributed by atoms with Gasteiger partial charge in [0.1, 0.15) is 55.9 Å². The Morgan fingerprint density at radius 3 is 0.791 bits per heavy atom. The van der Waals surface area contributed by atoms with Gasteiger partial charge in [0, 0.05) is 110 Å². The maximum atomic E-state index is 11.4. The molecule has 0 amide bonds. The average molecular weight is 1520 g/mol. The Balaban J connectivity index is 0.967. The molecule has 115 heavy (non-hydrogen) atoms. The second kappa shape index (κ2) is 43.9. The molecule has 0 saturated heterocycles. The lowest BCUT2D eigenvalue weighted by molar-refractivity contribution is 0.111. The first-order valence-electron chi connectivity index (χ1n) is 40.9. The van der Waals surface area contributed by atoms with Crippen LogP contribution in [0.4, 0.5) is 0 Å². The number of aryl methyl sites for hydroxylation is 3. The summed E-state index contributed by atoms with van der Waals surface area (Å²) in [5.74, 6) is 21.3. The third-order valence-corrected chi connectivity index (χ3v) is 20.5. The van der Waals surface area contributed by atoms with Crippen molar-refractivity contribution >= 4 is 18.9 Å². The molecule has 6 aromatic carbocycles. The van der Waals surface area contributed by atoms with E-state index in [1.54, 1.807) is 55.0 Å². The molecule has 0 unspecified atom stereocenters. The van der Waals surface area contributed by atoms with Gasteiger partial charge in [0.2, 0.25) is 0 Å². The van der Waals surface area contributed by atoms with Crippen LogP contribution in [0.15, 0.2) is 237 Å². The van der Waals surface area contributed by atoms with Crippen molar-refractivity contribution in [3.63, 3.8) is 0 Å². The van der Waals surface area contributed by atoms with E-state index in [9.17, 15) is 14.4 Å². The highest BCUT2D eigenvalue weighted by molar-refractivity contribution is 5.76. The lowest BCUT2D eigenvalue weighted by Crippen LogP contribution is -2.13. The zero-order valence-corrected chi connectivity index (χ0v) is 66.4. The minimum Gasteiger partial charge on any atom is -0.489 e. The molecule has 0 radical (unpaired) electrons. The van der Waals surface area contributed by atoms with E-state index >= 15 is 0 Å². The van der Waals surface area contributed by atoms with Gasteiger partial charge in [-0.15, -0.1) is 0 Å². The van der Waals surface area contributed by atoms with Crippen molar-refractivity contribution in [3.8, 4) is 86.9 Å². The molecule has 12 heteroatoms. The lowest BCUT2D eigenvalue weighted by Gasteiger charge is -2.28. The summed E-state index contributed by atoms with van der Waals surface area (Å²) in [6.45, 7) is 7.47. The summed E-state index contributed by atoms with van der Waals surface area (Å²) in [7, 11) is 0. The van der Waals surface area contributed by atoms with Gasteiger partial charge in [0.15, 0.2) is 0 Å². The van der Waals surface area contributed by atoms with E-state index in [0.717, 1.165) is 161 Å². The fourth-order valence-corrected chi connectivity index (χ4v) is 14.1. The van der Waals surface area contributed by atoms with Crippen LogP contribution in [0.3, 0.4) is 0 Å². The normalized spacial score (nSPS) is 10.9. The summed E-state index contributed by atoms with van der Waals surface area (Å²) in [6.07, 6.45) is 36.9. The largest absolute Gasteiger partial charge is 0.489 e. The number of rotatable bonds is 39. The maximum absolute atomic E-state index is 11.4. The number of aldehydes is 3. The van der Waals surface area contributed by atoms with Gasteiger partial charge in [0.25, 0.3) is 0 Å². The van der Waals surface area contributed by atoms with Crippen LogP contribution in [0, 0.1) is 35.5 Å². The third-order valence-electron chi connectivity index (χ3n) is 20.5. The Labute approximate surface area is 679 Å². The van der Waals surface area contributed by atoms with Crippen molar-refractivity contribution in [3.05, 3.63) is 338 Å². The first kappa shape index (κ1) is 81.8.